The smallest absolute Gasteiger partial charge is 0.443 e. The van der Waals surface area contributed by atoms with Crippen molar-refractivity contribution in [1.29, 1.82) is 0 Å². The zero-order valence-electron chi connectivity index (χ0n) is 17.2. The standard InChI is InChI=1S/C19H19F3N6O3S/c1-11-8-26(16-14(17(30)31-2)25-18(32-16)19(20,21)22)6-7-28(11)13(29)9-27-10-24-12-4-3-5-23-15(12)27/h3-5,10-11H,6-9H2,1-2H3/t11-/m1/s1. The number of thiazole rings is 1. The number of ether oxygens (including phenoxy) is 1. The zero-order valence-corrected chi connectivity index (χ0v) is 18.0. The number of methoxy groups -OCH3 is 1. The van der Waals surface area contributed by atoms with Gasteiger partial charge in [-0.3, -0.25) is 4.79 Å². The van der Waals surface area contributed by atoms with E-state index in [0.29, 0.717) is 22.5 Å². The predicted molar refractivity (Wildman–Crippen MR) is 109 cm³/mol. The molecule has 0 saturated carbocycles. The molecule has 0 aromatic carbocycles. The minimum absolute atomic E-state index is 0.0457. The van der Waals surface area contributed by atoms with Gasteiger partial charge in [0, 0.05) is 31.9 Å². The fraction of sp³-hybridized carbons (Fsp3) is 0.421. The highest BCUT2D eigenvalue weighted by molar-refractivity contribution is 7.16. The van der Waals surface area contributed by atoms with Crippen LogP contribution in [-0.4, -0.2) is 69.1 Å². The number of amides is 1. The van der Waals surface area contributed by atoms with Crippen molar-refractivity contribution < 1.29 is 27.5 Å². The summed E-state index contributed by atoms with van der Waals surface area (Å²) in [6.45, 7) is 2.63. The summed E-state index contributed by atoms with van der Waals surface area (Å²) in [5, 5.41) is -1.02. The summed E-state index contributed by atoms with van der Waals surface area (Å²) in [5.74, 6) is -1.09. The van der Waals surface area contributed by atoms with Gasteiger partial charge in [0.1, 0.15) is 17.1 Å². The first-order chi connectivity index (χ1) is 15.2. The molecule has 1 amide bonds. The molecule has 0 N–H and O–H groups in total. The number of rotatable bonds is 4. The van der Waals surface area contributed by atoms with E-state index in [0.717, 1.165) is 7.11 Å². The number of fused-ring (bicyclic) bond motifs is 1. The number of pyridine rings is 1. The minimum atomic E-state index is -4.67. The van der Waals surface area contributed by atoms with E-state index in [1.165, 1.54) is 0 Å². The molecule has 3 aromatic rings. The highest BCUT2D eigenvalue weighted by Crippen LogP contribution is 2.39. The number of piperazine rings is 1. The highest BCUT2D eigenvalue weighted by atomic mass is 32.1. The fourth-order valence-electron chi connectivity index (χ4n) is 3.64. The number of imidazole rings is 1. The van der Waals surface area contributed by atoms with Crippen LogP contribution in [0, 0.1) is 0 Å². The van der Waals surface area contributed by atoms with E-state index in [1.54, 1.807) is 45.9 Å². The molecule has 0 bridgehead atoms. The van der Waals surface area contributed by atoms with Gasteiger partial charge in [0.05, 0.1) is 13.4 Å². The second kappa shape index (κ2) is 8.37. The van der Waals surface area contributed by atoms with Crippen LogP contribution in [0.4, 0.5) is 18.2 Å². The van der Waals surface area contributed by atoms with Gasteiger partial charge in [0.25, 0.3) is 0 Å². The summed E-state index contributed by atoms with van der Waals surface area (Å²) in [6.07, 6.45) is -1.50. The van der Waals surface area contributed by atoms with Crippen molar-refractivity contribution in [2.24, 2.45) is 0 Å². The number of nitrogens with zero attached hydrogens (tertiary/aromatic N) is 6. The lowest BCUT2D eigenvalue weighted by Crippen LogP contribution is -2.54. The summed E-state index contributed by atoms with van der Waals surface area (Å²) in [7, 11) is 1.09. The van der Waals surface area contributed by atoms with Crippen LogP contribution >= 0.6 is 11.3 Å². The summed E-state index contributed by atoms with van der Waals surface area (Å²) >= 11 is 0.398. The van der Waals surface area contributed by atoms with Gasteiger partial charge in [-0.1, -0.05) is 11.3 Å². The van der Waals surface area contributed by atoms with Crippen LogP contribution in [0.2, 0.25) is 0 Å². The highest BCUT2D eigenvalue weighted by Gasteiger charge is 2.39. The van der Waals surface area contributed by atoms with Crippen molar-refractivity contribution in [2.45, 2.75) is 25.7 Å². The van der Waals surface area contributed by atoms with Gasteiger partial charge in [-0.25, -0.2) is 19.7 Å². The number of halogens is 3. The number of hydrogen-bond donors (Lipinski definition) is 0. The SMILES string of the molecule is COC(=O)c1nc(C(F)(F)F)sc1N1CCN(C(=O)Cn2cnc3cccnc32)[C@H](C)C1. The molecule has 1 atom stereocenters. The number of aromatic nitrogens is 4. The van der Waals surface area contributed by atoms with Crippen molar-refractivity contribution in [3.63, 3.8) is 0 Å². The van der Waals surface area contributed by atoms with Gasteiger partial charge in [0.2, 0.25) is 10.9 Å². The van der Waals surface area contributed by atoms with Crippen LogP contribution < -0.4 is 4.90 Å². The molecule has 4 rings (SSSR count). The molecule has 0 unspecified atom stereocenters. The van der Waals surface area contributed by atoms with Crippen molar-refractivity contribution in [3.05, 3.63) is 35.4 Å². The number of esters is 1. The maximum absolute atomic E-state index is 13.2. The van der Waals surface area contributed by atoms with E-state index in [9.17, 15) is 22.8 Å². The lowest BCUT2D eigenvalue weighted by atomic mass is 10.2. The molecule has 3 aromatic heterocycles. The first kappa shape index (κ1) is 22.0. The Morgan fingerprint density at radius 3 is 2.75 bits per heavy atom. The lowest BCUT2D eigenvalue weighted by molar-refractivity contribution is -0.137. The van der Waals surface area contributed by atoms with E-state index < -0.39 is 17.2 Å². The molecule has 1 aliphatic heterocycles. The molecule has 0 aliphatic carbocycles. The van der Waals surface area contributed by atoms with Crippen molar-refractivity contribution in [1.82, 2.24) is 24.4 Å². The van der Waals surface area contributed by atoms with Crippen LogP contribution in [0.1, 0.15) is 22.4 Å². The van der Waals surface area contributed by atoms with E-state index in [2.05, 4.69) is 19.7 Å². The van der Waals surface area contributed by atoms with Crippen LogP contribution in [0.5, 0.6) is 0 Å². The maximum atomic E-state index is 13.2. The average Bonchev–Trinajstić information content (AvgIpc) is 3.38. The first-order valence-electron chi connectivity index (χ1n) is 9.65. The fourth-order valence-corrected chi connectivity index (χ4v) is 4.60. The normalized spacial score (nSPS) is 17.1. The Kier molecular flexibility index (Phi) is 5.75. The predicted octanol–water partition coefficient (Wildman–Crippen LogP) is 2.43. The largest absolute Gasteiger partial charge is 0.464 e. The summed E-state index contributed by atoms with van der Waals surface area (Å²) in [6, 6.07) is 3.25. The number of hydrogen-bond acceptors (Lipinski definition) is 8. The Balaban J connectivity index is 1.50. The molecule has 1 aliphatic rings. The Hall–Kier alpha value is -3.22. The average molecular weight is 468 g/mol. The topological polar surface area (TPSA) is 93.5 Å². The van der Waals surface area contributed by atoms with Gasteiger partial charge in [-0.2, -0.15) is 13.2 Å². The molecule has 1 fully saturated rings. The molecular weight excluding hydrogens is 449 g/mol. The molecule has 4 heterocycles. The molecule has 1 saturated heterocycles. The molecule has 13 heteroatoms. The number of alkyl halides is 3. The summed E-state index contributed by atoms with van der Waals surface area (Å²) in [5.41, 5.74) is 0.908. The minimum Gasteiger partial charge on any atom is -0.464 e. The first-order valence-corrected chi connectivity index (χ1v) is 10.5. The van der Waals surface area contributed by atoms with Gasteiger partial charge in [-0.15, -0.1) is 0 Å². The zero-order chi connectivity index (χ0) is 23.0. The van der Waals surface area contributed by atoms with Gasteiger partial charge in [0.15, 0.2) is 11.3 Å². The molecule has 32 heavy (non-hydrogen) atoms. The lowest BCUT2D eigenvalue weighted by Gasteiger charge is -2.40. The molecular formula is C19H19F3N6O3S. The van der Waals surface area contributed by atoms with E-state index in [4.69, 9.17) is 0 Å². The Morgan fingerprint density at radius 1 is 1.28 bits per heavy atom. The van der Waals surface area contributed by atoms with Gasteiger partial charge >= 0.3 is 12.1 Å². The van der Waals surface area contributed by atoms with E-state index >= 15 is 0 Å². The Morgan fingerprint density at radius 2 is 2.06 bits per heavy atom. The summed E-state index contributed by atoms with van der Waals surface area (Å²) < 4.78 is 45.8. The van der Waals surface area contributed by atoms with Crippen LogP contribution in [0.15, 0.2) is 24.7 Å². The molecule has 0 radical (unpaired) electrons. The number of carbonyl (C=O) groups excluding carboxylic acids is 2. The van der Waals surface area contributed by atoms with E-state index in [1.807, 2.05) is 0 Å². The van der Waals surface area contributed by atoms with Crippen LogP contribution in [0.3, 0.4) is 0 Å². The molecule has 170 valence electrons. The Bertz CT molecular complexity index is 1160. The number of carbonyl (C=O) groups is 2. The van der Waals surface area contributed by atoms with Crippen molar-refractivity contribution in [2.75, 3.05) is 31.6 Å². The quantitative estimate of drug-likeness (QED) is 0.543. The van der Waals surface area contributed by atoms with Crippen LogP contribution in [0.25, 0.3) is 11.2 Å². The van der Waals surface area contributed by atoms with Crippen molar-refractivity contribution >= 4 is 39.4 Å². The van der Waals surface area contributed by atoms with Crippen LogP contribution in [-0.2, 0) is 22.3 Å². The second-order valence-electron chi connectivity index (χ2n) is 7.26. The third kappa shape index (κ3) is 4.11. The number of anilines is 1. The molecule has 0 spiro atoms. The maximum Gasteiger partial charge on any atom is 0.443 e. The third-order valence-electron chi connectivity index (χ3n) is 5.15. The third-order valence-corrected chi connectivity index (χ3v) is 6.31. The monoisotopic (exact) mass is 468 g/mol. The Labute approximate surface area is 184 Å². The summed E-state index contributed by atoms with van der Waals surface area (Å²) in [4.78, 5) is 40.2. The van der Waals surface area contributed by atoms with Gasteiger partial charge < -0.3 is 19.1 Å². The van der Waals surface area contributed by atoms with Gasteiger partial charge in [-0.05, 0) is 19.1 Å². The molecule has 9 nitrogen and oxygen atoms in total. The van der Waals surface area contributed by atoms with Crippen molar-refractivity contribution in [3.8, 4) is 0 Å². The second-order valence-corrected chi connectivity index (χ2v) is 8.24. The van der Waals surface area contributed by atoms with E-state index in [-0.39, 0.29) is 48.8 Å².